The number of ether oxygens (including phenoxy) is 2. The summed E-state index contributed by atoms with van der Waals surface area (Å²) in [4.78, 5) is 17.3. The number of halogens is 6. The Balaban J connectivity index is 1.42. The van der Waals surface area contributed by atoms with Gasteiger partial charge in [0.05, 0.1) is 30.5 Å². The van der Waals surface area contributed by atoms with Crippen LogP contribution in [0.15, 0.2) is 91.0 Å². The molecule has 0 fully saturated rings. The summed E-state index contributed by atoms with van der Waals surface area (Å²) in [5.74, 6) is 0.0892. The van der Waals surface area contributed by atoms with Gasteiger partial charge < -0.3 is 14.8 Å². The number of amides is 1. The van der Waals surface area contributed by atoms with Crippen molar-refractivity contribution in [2.24, 2.45) is 0 Å². The summed E-state index contributed by atoms with van der Waals surface area (Å²) in [5, 5.41) is 7.00. The number of aryl methyl sites for hydroxylation is 1. The summed E-state index contributed by atoms with van der Waals surface area (Å²) in [5.41, 5.74) is -0.124. The summed E-state index contributed by atoms with van der Waals surface area (Å²) < 4.78 is 92.1. The van der Waals surface area contributed by atoms with Gasteiger partial charge in [-0.3, -0.25) is 4.79 Å². The lowest BCUT2D eigenvalue weighted by Gasteiger charge is -2.13. The Morgan fingerprint density at radius 1 is 0.870 bits per heavy atom. The van der Waals surface area contributed by atoms with Gasteiger partial charge in [0.1, 0.15) is 5.75 Å². The highest BCUT2D eigenvalue weighted by Gasteiger charge is 2.33. The maximum Gasteiger partial charge on any atom is 0.416 e. The van der Waals surface area contributed by atoms with Crippen LogP contribution in [0.1, 0.15) is 32.6 Å². The van der Waals surface area contributed by atoms with Crippen LogP contribution in [0.5, 0.6) is 11.8 Å². The quantitative estimate of drug-likeness (QED) is 0.165. The molecule has 0 radical (unpaired) electrons. The molecule has 0 atom stereocenters. The Labute approximate surface area is 259 Å². The van der Waals surface area contributed by atoms with Crippen LogP contribution in [0.4, 0.5) is 32.0 Å². The molecule has 13 heteroatoms. The smallest absolute Gasteiger partial charge is 0.416 e. The van der Waals surface area contributed by atoms with E-state index in [9.17, 15) is 31.1 Å². The number of carbonyl (C=O) groups is 1. The van der Waals surface area contributed by atoms with Gasteiger partial charge in [-0.05, 0) is 72.6 Å². The first-order valence-electron chi connectivity index (χ1n) is 13.8. The molecule has 4 aromatic carbocycles. The normalized spacial score (nSPS) is 11.7. The van der Waals surface area contributed by atoms with Crippen LogP contribution in [-0.4, -0.2) is 34.4 Å². The molecular formula is C33H26F6N4O3. The van der Waals surface area contributed by atoms with Crippen molar-refractivity contribution in [3.8, 4) is 28.8 Å². The summed E-state index contributed by atoms with van der Waals surface area (Å²) in [6.07, 6.45) is -8.66. The number of benzene rings is 4. The molecular weight excluding hydrogens is 614 g/mol. The Morgan fingerprint density at radius 3 is 2.24 bits per heavy atom. The topological polar surface area (TPSA) is 78.3 Å². The molecule has 46 heavy (non-hydrogen) atoms. The second kappa shape index (κ2) is 13.0. The average molecular weight is 641 g/mol. The van der Waals surface area contributed by atoms with E-state index in [4.69, 9.17) is 9.47 Å². The van der Waals surface area contributed by atoms with Gasteiger partial charge in [-0.15, -0.1) is 5.10 Å². The average Bonchev–Trinajstić information content (AvgIpc) is 3.45. The van der Waals surface area contributed by atoms with Crippen LogP contribution in [0.3, 0.4) is 0 Å². The van der Waals surface area contributed by atoms with E-state index in [1.807, 2.05) is 24.3 Å². The van der Waals surface area contributed by atoms with Crippen LogP contribution in [-0.2, 0) is 18.8 Å². The van der Waals surface area contributed by atoms with Gasteiger partial charge >= 0.3 is 18.4 Å². The monoisotopic (exact) mass is 640 g/mol. The molecule has 5 rings (SSSR count). The number of nitrogens with zero attached hydrogens (tertiary/aromatic N) is 3. The van der Waals surface area contributed by atoms with Crippen LogP contribution in [0.2, 0.25) is 0 Å². The van der Waals surface area contributed by atoms with Crippen LogP contribution in [0.25, 0.3) is 17.1 Å². The van der Waals surface area contributed by atoms with Crippen molar-refractivity contribution >= 4 is 11.6 Å². The van der Waals surface area contributed by atoms with Crippen molar-refractivity contribution in [1.29, 1.82) is 0 Å². The van der Waals surface area contributed by atoms with E-state index < -0.39 is 29.4 Å². The lowest BCUT2D eigenvalue weighted by Crippen LogP contribution is -2.15. The fourth-order valence-corrected chi connectivity index (χ4v) is 4.57. The predicted molar refractivity (Wildman–Crippen MR) is 158 cm³/mol. The number of aromatic nitrogens is 3. The van der Waals surface area contributed by atoms with Crippen molar-refractivity contribution in [3.05, 3.63) is 119 Å². The first-order chi connectivity index (χ1) is 21.8. The van der Waals surface area contributed by atoms with E-state index in [1.165, 1.54) is 48.0 Å². The minimum atomic E-state index is -4.63. The summed E-state index contributed by atoms with van der Waals surface area (Å²) in [6, 6.07) is 21.2. The molecule has 7 nitrogen and oxygen atoms in total. The van der Waals surface area contributed by atoms with E-state index in [-0.39, 0.29) is 35.3 Å². The van der Waals surface area contributed by atoms with Crippen molar-refractivity contribution in [2.75, 3.05) is 19.0 Å². The highest BCUT2D eigenvalue weighted by atomic mass is 19.4. The molecule has 0 aliphatic rings. The first kappa shape index (κ1) is 32.1. The Morgan fingerprint density at radius 2 is 1.59 bits per heavy atom. The van der Waals surface area contributed by atoms with Gasteiger partial charge in [0.2, 0.25) is 0 Å². The van der Waals surface area contributed by atoms with Crippen molar-refractivity contribution in [1.82, 2.24) is 14.8 Å². The highest BCUT2D eigenvalue weighted by molar-refractivity contribution is 6.04. The van der Waals surface area contributed by atoms with Crippen LogP contribution in [0, 0.1) is 6.92 Å². The highest BCUT2D eigenvalue weighted by Crippen LogP contribution is 2.34. The molecule has 5 aromatic rings. The summed E-state index contributed by atoms with van der Waals surface area (Å²) >= 11 is 0. The SMILES string of the molecule is COc1ccc(CCOc2nc(-c3ccc(C(F)(F)F)cc3)n(-c3cccc(NC(=O)c4ccc(C)c(C(F)(F)F)c4)c3)n2)cc1. The molecule has 0 saturated carbocycles. The number of methoxy groups -OCH3 is 1. The Kier molecular flexibility index (Phi) is 9.03. The Hall–Kier alpha value is -5.33. The van der Waals surface area contributed by atoms with Gasteiger partial charge in [-0.1, -0.05) is 36.4 Å². The van der Waals surface area contributed by atoms with E-state index in [1.54, 1.807) is 19.2 Å². The number of alkyl halides is 6. The lowest BCUT2D eigenvalue weighted by atomic mass is 10.0. The molecule has 1 heterocycles. The number of hydrogen-bond acceptors (Lipinski definition) is 5. The van der Waals surface area contributed by atoms with E-state index in [0.717, 1.165) is 23.8 Å². The largest absolute Gasteiger partial charge is 0.497 e. The molecule has 0 aliphatic heterocycles. The van der Waals surface area contributed by atoms with Crippen molar-refractivity contribution < 1.29 is 40.6 Å². The number of rotatable bonds is 9. The third-order valence-electron chi connectivity index (χ3n) is 6.99. The molecule has 238 valence electrons. The fourth-order valence-electron chi connectivity index (χ4n) is 4.57. The van der Waals surface area contributed by atoms with Gasteiger partial charge in [0.15, 0.2) is 5.82 Å². The molecule has 0 saturated heterocycles. The third kappa shape index (κ3) is 7.48. The maximum atomic E-state index is 13.4. The zero-order valence-corrected chi connectivity index (χ0v) is 24.4. The van der Waals surface area contributed by atoms with E-state index >= 15 is 0 Å². The van der Waals surface area contributed by atoms with Gasteiger partial charge in [0, 0.05) is 23.2 Å². The zero-order valence-electron chi connectivity index (χ0n) is 24.4. The number of anilines is 1. The van der Waals surface area contributed by atoms with Crippen LogP contribution < -0.4 is 14.8 Å². The minimum Gasteiger partial charge on any atom is -0.497 e. The molecule has 1 N–H and O–H groups in total. The van der Waals surface area contributed by atoms with E-state index in [2.05, 4.69) is 15.4 Å². The summed E-state index contributed by atoms with van der Waals surface area (Å²) in [6.45, 7) is 1.49. The van der Waals surface area contributed by atoms with Gasteiger partial charge in [-0.25, -0.2) is 4.68 Å². The molecule has 1 amide bonds. The second-order valence-corrected chi connectivity index (χ2v) is 10.2. The zero-order chi connectivity index (χ0) is 33.1. The molecule has 0 unspecified atom stereocenters. The van der Waals surface area contributed by atoms with Gasteiger partial charge in [0.25, 0.3) is 5.91 Å². The Bertz CT molecular complexity index is 1830. The third-order valence-corrected chi connectivity index (χ3v) is 6.99. The number of nitrogens with one attached hydrogen (secondary N) is 1. The molecule has 0 aliphatic carbocycles. The minimum absolute atomic E-state index is 0.0185. The van der Waals surface area contributed by atoms with Gasteiger partial charge in [-0.2, -0.15) is 31.3 Å². The standard InChI is InChI=1S/C33H26F6N4O3/c1-20-6-9-23(18-28(20)33(37,38)39)30(44)40-25-4-3-5-26(19-25)43-29(22-10-12-24(13-11-22)32(34,35)36)41-31(42-43)46-17-16-21-7-14-27(45-2)15-8-21/h3-15,18-19H,16-17H2,1-2H3,(H,40,44). The van der Waals surface area contributed by atoms with Crippen molar-refractivity contribution in [3.63, 3.8) is 0 Å². The van der Waals surface area contributed by atoms with Crippen molar-refractivity contribution in [2.45, 2.75) is 25.7 Å². The lowest BCUT2D eigenvalue weighted by molar-refractivity contribution is -0.138. The van der Waals surface area contributed by atoms with E-state index in [0.29, 0.717) is 23.4 Å². The molecule has 0 spiro atoms. The molecule has 0 bridgehead atoms. The first-order valence-corrected chi connectivity index (χ1v) is 13.8. The predicted octanol–water partition coefficient (Wildman–Crippen LogP) is 8.16. The maximum absolute atomic E-state index is 13.4. The van der Waals surface area contributed by atoms with Crippen LogP contribution >= 0.6 is 0 Å². The molecule has 1 aromatic heterocycles. The fraction of sp³-hybridized carbons (Fsp3) is 0.182. The number of carbonyl (C=O) groups excluding carboxylic acids is 1. The summed E-state index contributed by atoms with van der Waals surface area (Å²) in [7, 11) is 1.56. The number of hydrogen-bond donors (Lipinski definition) is 1. The second-order valence-electron chi connectivity index (χ2n) is 10.2.